The Balaban J connectivity index is 1.99. The maximum atomic E-state index is 11.9. The van der Waals surface area contributed by atoms with Crippen molar-refractivity contribution in [2.45, 2.75) is 46.0 Å². The standard InChI is InChI=1S/C21H28N4OS/c1-3-5-6-9-15(4-2)18-12-16-17(11-14-8-7-10-23-13-14)24-25-19(21(22)26)20(16)27-18/h4-6,12,14,23H,3,7-11,13H2,1-2H3,(H2,22,26)/b6-5-,15-4+/t14-/m0/s1. The van der Waals surface area contributed by atoms with E-state index in [1.54, 1.807) is 11.3 Å². The largest absolute Gasteiger partial charge is 0.364 e. The van der Waals surface area contributed by atoms with E-state index in [-0.39, 0.29) is 5.69 Å². The Morgan fingerprint density at radius 3 is 2.93 bits per heavy atom. The maximum absolute atomic E-state index is 11.9. The van der Waals surface area contributed by atoms with Crippen LogP contribution in [-0.4, -0.2) is 29.2 Å². The van der Waals surface area contributed by atoms with Crippen molar-refractivity contribution in [1.29, 1.82) is 0 Å². The third-order valence-corrected chi connectivity index (χ3v) is 6.27. The monoisotopic (exact) mass is 384 g/mol. The van der Waals surface area contributed by atoms with Crippen LogP contribution in [0.4, 0.5) is 0 Å². The summed E-state index contributed by atoms with van der Waals surface area (Å²) < 4.78 is 0.866. The van der Waals surface area contributed by atoms with Gasteiger partial charge in [-0.15, -0.1) is 16.4 Å². The first-order valence-corrected chi connectivity index (χ1v) is 10.6. The van der Waals surface area contributed by atoms with Gasteiger partial charge in [0.2, 0.25) is 0 Å². The van der Waals surface area contributed by atoms with E-state index >= 15 is 0 Å². The summed E-state index contributed by atoms with van der Waals surface area (Å²) in [4.78, 5) is 13.0. The highest BCUT2D eigenvalue weighted by atomic mass is 32.1. The Morgan fingerprint density at radius 1 is 1.41 bits per heavy atom. The number of allylic oxidation sites excluding steroid dienone is 4. The van der Waals surface area contributed by atoms with Gasteiger partial charge < -0.3 is 11.1 Å². The lowest BCUT2D eigenvalue weighted by molar-refractivity contribution is 0.0996. The molecule has 27 heavy (non-hydrogen) atoms. The average molecular weight is 385 g/mol. The van der Waals surface area contributed by atoms with Crippen LogP contribution in [0.25, 0.3) is 15.7 Å². The number of aromatic nitrogens is 2. The molecule has 3 heterocycles. The molecule has 0 aromatic carbocycles. The molecule has 0 spiro atoms. The van der Waals surface area contributed by atoms with Crippen molar-refractivity contribution >= 4 is 32.9 Å². The number of piperidine rings is 1. The van der Waals surface area contributed by atoms with Gasteiger partial charge in [-0.25, -0.2) is 0 Å². The topological polar surface area (TPSA) is 80.9 Å². The minimum absolute atomic E-state index is 0.284. The molecule has 1 amide bonds. The molecule has 0 aliphatic carbocycles. The molecule has 144 valence electrons. The van der Waals surface area contributed by atoms with E-state index in [4.69, 9.17) is 5.73 Å². The second-order valence-electron chi connectivity index (χ2n) is 7.03. The summed E-state index contributed by atoms with van der Waals surface area (Å²) in [7, 11) is 0. The molecule has 1 atom stereocenters. The van der Waals surface area contributed by atoms with Gasteiger partial charge in [-0.1, -0.05) is 25.2 Å². The number of primary amides is 1. The number of rotatable bonds is 7. The van der Waals surface area contributed by atoms with E-state index in [2.05, 4.69) is 53.7 Å². The number of hydrogen-bond acceptors (Lipinski definition) is 5. The number of carbonyl (C=O) groups is 1. The van der Waals surface area contributed by atoms with Crippen molar-refractivity contribution < 1.29 is 4.79 Å². The van der Waals surface area contributed by atoms with Gasteiger partial charge in [0.15, 0.2) is 5.69 Å². The highest BCUT2D eigenvalue weighted by Crippen LogP contribution is 2.35. The van der Waals surface area contributed by atoms with Gasteiger partial charge >= 0.3 is 0 Å². The molecule has 6 heteroatoms. The molecule has 0 radical (unpaired) electrons. The molecule has 0 bridgehead atoms. The van der Waals surface area contributed by atoms with Crippen molar-refractivity contribution in [3.05, 3.63) is 40.6 Å². The Labute approximate surface area is 164 Å². The maximum Gasteiger partial charge on any atom is 0.270 e. The van der Waals surface area contributed by atoms with E-state index in [1.165, 1.54) is 18.4 Å². The first-order valence-electron chi connectivity index (χ1n) is 9.74. The Hall–Kier alpha value is -2.05. The molecule has 0 saturated carbocycles. The summed E-state index contributed by atoms with van der Waals surface area (Å²) in [5, 5.41) is 13.1. The second kappa shape index (κ2) is 9.24. The van der Waals surface area contributed by atoms with Gasteiger partial charge in [0.05, 0.1) is 10.4 Å². The van der Waals surface area contributed by atoms with Crippen LogP contribution in [0.1, 0.15) is 60.6 Å². The van der Waals surface area contributed by atoms with Gasteiger partial charge in [-0.05, 0) is 69.7 Å². The van der Waals surface area contributed by atoms with Crippen LogP contribution < -0.4 is 11.1 Å². The molecule has 1 aliphatic heterocycles. The van der Waals surface area contributed by atoms with Crippen molar-refractivity contribution in [2.75, 3.05) is 13.1 Å². The highest BCUT2D eigenvalue weighted by molar-refractivity contribution is 7.20. The minimum atomic E-state index is -0.514. The number of amides is 1. The molecular formula is C21H28N4OS. The van der Waals surface area contributed by atoms with E-state index in [0.717, 1.165) is 53.0 Å². The van der Waals surface area contributed by atoms with Gasteiger partial charge in [0, 0.05) is 10.3 Å². The third kappa shape index (κ3) is 4.62. The Bertz CT molecular complexity index is 862. The summed E-state index contributed by atoms with van der Waals surface area (Å²) in [6.07, 6.45) is 11.7. The zero-order chi connectivity index (χ0) is 19.2. The van der Waals surface area contributed by atoms with Crippen LogP contribution in [0, 0.1) is 5.92 Å². The molecule has 1 aliphatic rings. The number of hydrogen-bond donors (Lipinski definition) is 2. The summed E-state index contributed by atoms with van der Waals surface area (Å²) in [6.45, 7) is 6.30. The van der Waals surface area contributed by atoms with Gasteiger partial charge in [0.1, 0.15) is 0 Å². The number of fused-ring (bicyclic) bond motifs is 1. The minimum Gasteiger partial charge on any atom is -0.364 e. The lowest BCUT2D eigenvalue weighted by atomic mass is 9.93. The van der Waals surface area contributed by atoms with Crippen LogP contribution >= 0.6 is 11.3 Å². The predicted molar refractivity (Wildman–Crippen MR) is 113 cm³/mol. The van der Waals surface area contributed by atoms with Crippen LogP contribution in [0.5, 0.6) is 0 Å². The zero-order valence-electron chi connectivity index (χ0n) is 16.1. The number of nitrogens with two attached hydrogens (primary N) is 1. The number of thiophene rings is 1. The molecule has 1 fully saturated rings. The van der Waals surface area contributed by atoms with Gasteiger partial charge in [-0.3, -0.25) is 4.79 Å². The first-order chi connectivity index (χ1) is 13.1. The quantitative estimate of drug-likeness (QED) is 0.705. The second-order valence-corrected chi connectivity index (χ2v) is 8.08. The molecule has 1 saturated heterocycles. The highest BCUT2D eigenvalue weighted by Gasteiger charge is 2.21. The lowest BCUT2D eigenvalue weighted by Gasteiger charge is -2.22. The Kier molecular flexibility index (Phi) is 6.74. The SMILES string of the molecule is C/C=C(\C/C=C\CC)c1cc2c(C[C@@H]3CCCNC3)nnc(C(N)=O)c2s1. The molecule has 5 nitrogen and oxygen atoms in total. The fourth-order valence-electron chi connectivity index (χ4n) is 3.57. The summed E-state index contributed by atoms with van der Waals surface area (Å²) in [6, 6.07) is 2.17. The number of carbonyl (C=O) groups excluding carboxylic acids is 1. The van der Waals surface area contributed by atoms with Gasteiger partial charge in [0.25, 0.3) is 5.91 Å². The van der Waals surface area contributed by atoms with Crippen LogP contribution in [0.15, 0.2) is 24.3 Å². The molecular weight excluding hydrogens is 356 g/mol. The molecule has 3 rings (SSSR count). The number of nitrogens with zero attached hydrogens (tertiary/aromatic N) is 2. The first kappa shape index (κ1) is 19.7. The molecule has 3 N–H and O–H groups in total. The van der Waals surface area contributed by atoms with Crippen molar-refractivity contribution in [1.82, 2.24) is 15.5 Å². The van der Waals surface area contributed by atoms with Crippen LogP contribution in [0.3, 0.4) is 0 Å². The summed E-state index contributed by atoms with van der Waals surface area (Å²) >= 11 is 1.60. The summed E-state index contributed by atoms with van der Waals surface area (Å²) in [5.74, 6) is 0.0485. The van der Waals surface area contributed by atoms with Crippen molar-refractivity contribution in [2.24, 2.45) is 11.7 Å². The molecule has 0 unspecified atom stereocenters. The van der Waals surface area contributed by atoms with Crippen molar-refractivity contribution in [3.63, 3.8) is 0 Å². The van der Waals surface area contributed by atoms with Crippen LogP contribution in [0.2, 0.25) is 0 Å². The smallest absolute Gasteiger partial charge is 0.270 e. The van der Waals surface area contributed by atoms with Gasteiger partial charge in [-0.2, -0.15) is 5.10 Å². The molecule has 2 aromatic rings. The summed E-state index contributed by atoms with van der Waals surface area (Å²) in [5.41, 5.74) is 8.07. The number of nitrogens with one attached hydrogen (secondary N) is 1. The normalized spacial score (nSPS) is 18.4. The van der Waals surface area contributed by atoms with Crippen molar-refractivity contribution in [3.8, 4) is 0 Å². The van der Waals surface area contributed by atoms with E-state index in [1.807, 2.05) is 0 Å². The Morgan fingerprint density at radius 2 is 2.26 bits per heavy atom. The lowest BCUT2D eigenvalue weighted by Crippen LogP contribution is -2.31. The average Bonchev–Trinajstić information content (AvgIpc) is 3.11. The fraction of sp³-hybridized carbons (Fsp3) is 0.476. The predicted octanol–water partition coefficient (Wildman–Crippen LogP) is 4.09. The van der Waals surface area contributed by atoms with E-state index < -0.39 is 5.91 Å². The fourth-order valence-corrected chi connectivity index (χ4v) is 4.82. The third-order valence-electron chi connectivity index (χ3n) is 5.05. The van der Waals surface area contributed by atoms with E-state index in [9.17, 15) is 4.79 Å². The molecule has 2 aromatic heterocycles. The van der Waals surface area contributed by atoms with E-state index in [0.29, 0.717) is 5.92 Å². The zero-order valence-corrected chi connectivity index (χ0v) is 16.9. The van der Waals surface area contributed by atoms with Crippen LogP contribution in [-0.2, 0) is 6.42 Å².